The second-order valence-electron chi connectivity index (χ2n) is 5.73. The van der Waals surface area contributed by atoms with E-state index in [1.807, 2.05) is 0 Å². The van der Waals surface area contributed by atoms with Gasteiger partial charge in [-0.2, -0.15) is 0 Å². The fraction of sp³-hybridized carbons (Fsp3) is 0.833. The van der Waals surface area contributed by atoms with Gasteiger partial charge in [-0.05, 0) is 42.9 Å². The van der Waals surface area contributed by atoms with Crippen LogP contribution in [0.4, 0.5) is 0 Å². The first-order chi connectivity index (χ1) is 8.08. The highest BCUT2D eigenvalue weighted by Gasteiger charge is 2.65. The Bertz CT molecular complexity index is 355. The Morgan fingerprint density at radius 2 is 1.88 bits per heavy atom. The van der Waals surface area contributed by atoms with Crippen molar-refractivity contribution >= 4 is 11.9 Å². The highest BCUT2D eigenvalue weighted by Crippen LogP contribution is 2.65. The largest absolute Gasteiger partial charge is 0.481 e. The zero-order valence-corrected chi connectivity index (χ0v) is 9.63. The Hall–Kier alpha value is -1.10. The fourth-order valence-corrected chi connectivity index (χ4v) is 4.07. The summed E-state index contributed by atoms with van der Waals surface area (Å²) in [5, 5.41) is 11.5. The van der Waals surface area contributed by atoms with Crippen molar-refractivity contribution in [2.24, 2.45) is 29.4 Å². The van der Waals surface area contributed by atoms with Gasteiger partial charge in [-0.1, -0.05) is 0 Å². The number of hydrogen-bond donors (Lipinski definition) is 3. The maximum atomic E-state index is 11.7. The Kier molecular flexibility index (Phi) is 2.40. The van der Waals surface area contributed by atoms with Gasteiger partial charge in [0.1, 0.15) is 0 Å². The summed E-state index contributed by atoms with van der Waals surface area (Å²) >= 11 is 0. The minimum Gasteiger partial charge on any atom is -0.481 e. The van der Waals surface area contributed by atoms with Crippen LogP contribution in [-0.4, -0.2) is 29.1 Å². The number of nitrogens with two attached hydrogens (primary N) is 1. The number of carbonyl (C=O) groups is 2. The third-order valence-electron chi connectivity index (χ3n) is 4.78. The molecule has 5 nitrogen and oxygen atoms in total. The lowest BCUT2D eigenvalue weighted by Gasteiger charge is -2.13. The van der Waals surface area contributed by atoms with E-state index in [-0.39, 0.29) is 18.4 Å². The number of nitrogens with one attached hydrogen (secondary N) is 1. The zero-order valence-electron chi connectivity index (χ0n) is 9.63. The molecule has 3 rings (SSSR count). The molecule has 2 bridgehead atoms. The number of amides is 1. The summed E-state index contributed by atoms with van der Waals surface area (Å²) in [5.74, 6) is 1.59. The first kappa shape index (κ1) is 11.0. The third kappa shape index (κ3) is 1.73. The van der Waals surface area contributed by atoms with Crippen LogP contribution >= 0.6 is 0 Å². The zero-order chi connectivity index (χ0) is 12.2. The van der Waals surface area contributed by atoms with Gasteiger partial charge in [0.2, 0.25) is 5.91 Å². The average molecular weight is 238 g/mol. The van der Waals surface area contributed by atoms with E-state index in [1.54, 1.807) is 0 Å². The van der Waals surface area contributed by atoms with Crippen LogP contribution in [0.2, 0.25) is 0 Å². The minimum atomic E-state index is -1.02. The molecular formula is C12H18N2O3. The van der Waals surface area contributed by atoms with Crippen molar-refractivity contribution < 1.29 is 14.7 Å². The number of fused-ring (bicyclic) bond motifs is 5. The number of carbonyl (C=O) groups excluding carboxylic acids is 1. The van der Waals surface area contributed by atoms with E-state index in [9.17, 15) is 9.59 Å². The molecule has 0 aromatic carbocycles. The first-order valence-electron chi connectivity index (χ1n) is 6.35. The van der Waals surface area contributed by atoms with Crippen LogP contribution in [0.15, 0.2) is 0 Å². The maximum absolute atomic E-state index is 11.7. The Labute approximate surface area is 99.7 Å². The summed E-state index contributed by atoms with van der Waals surface area (Å²) in [5.41, 5.74) is 5.54. The Balaban J connectivity index is 1.52. The van der Waals surface area contributed by atoms with Crippen LogP contribution in [0.25, 0.3) is 0 Å². The van der Waals surface area contributed by atoms with Gasteiger partial charge in [-0.3, -0.25) is 9.59 Å². The van der Waals surface area contributed by atoms with Crippen molar-refractivity contribution in [2.75, 3.05) is 0 Å². The summed E-state index contributed by atoms with van der Waals surface area (Å²) in [6.45, 7) is 0. The lowest BCUT2D eigenvalue weighted by molar-refractivity contribution is -0.139. The van der Waals surface area contributed by atoms with Gasteiger partial charge in [0.15, 0.2) is 0 Å². The van der Waals surface area contributed by atoms with Gasteiger partial charge in [0.25, 0.3) is 0 Å². The topological polar surface area (TPSA) is 92.4 Å². The summed E-state index contributed by atoms with van der Waals surface area (Å²) in [7, 11) is 0. The molecule has 3 fully saturated rings. The lowest BCUT2D eigenvalue weighted by Crippen LogP contribution is -2.44. The van der Waals surface area contributed by atoms with Crippen molar-refractivity contribution in [3.8, 4) is 0 Å². The van der Waals surface area contributed by atoms with Gasteiger partial charge in [0.05, 0.1) is 12.5 Å². The molecule has 0 radical (unpaired) electrons. The van der Waals surface area contributed by atoms with Crippen molar-refractivity contribution in [2.45, 2.75) is 37.8 Å². The molecule has 5 heteroatoms. The SMILES string of the molecule is NC(CC(=O)O)C(=O)NC1C2C3CCC(C3)C12. The van der Waals surface area contributed by atoms with Gasteiger partial charge in [0, 0.05) is 6.04 Å². The normalized spacial score (nSPS) is 43.0. The van der Waals surface area contributed by atoms with Crippen molar-refractivity contribution in [1.29, 1.82) is 0 Å². The van der Waals surface area contributed by atoms with E-state index in [0.717, 1.165) is 11.8 Å². The summed E-state index contributed by atoms with van der Waals surface area (Å²) in [6, 6.07) is -0.625. The second-order valence-corrected chi connectivity index (χ2v) is 5.73. The standard InChI is InChI=1S/C12H18N2O3/c13-7(4-8(15)16)12(17)14-11-9-5-1-2-6(3-5)10(9)11/h5-7,9-11H,1-4,13H2,(H,14,17)(H,15,16). The van der Waals surface area contributed by atoms with Crippen molar-refractivity contribution in [3.63, 3.8) is 0 Å². The van der Waals surface area contributed by atoms with Gasteiger partial charge >= 0.3 is 5.97 Å². The van der Waals surface area contributed by atoms with E-state index in [4.69, 9.17) is 10.8 Å². The van der Waals surface area contributed by atoms with Crippen molar-refractivity contribution in [3.05, 3.63) is 0 Å². The van der Waals surface area contributed by atoms with Crippen molar-refractivity contribution in [1.82, 2.24) is 5.32 Å². The molecule has 0 aromatic heterocycles. The van der Waals surface area contributed by atoms with Crippen LogP contribution in [-0.2, 0) is 9.59 Å². The van der Waals surface area contributed by atoms with E-state index < -0.39 is 12.0 Å². The van der Waals surface area contributed by atoms with Gasteiger partial charge in [-0.25, -0.2) is 0 Å². The predicted molar refractivity (Wildman–Crippen MR) is 60.0 cm³/mol. The molecule has 0 aromatic rings. The summed E-state index contributed by atoms with van der Waals surface area (Å²) in [4.78, 5) is 22.2. The third-order valence-corrected chi connectivity index (χ3v) is 4.78. The van der Waals surface area contributed by atoms with Crippen LogP contribution in [0.1, 0.15) is 25.7 Å². The molecule has 0 spiro atoms. The number of carboxylic acids is 1. The van der Waals surface area contributed by atoms with E-state index >= 15 is 0 Å². The average Bonchev–Trinajstić information content (AvgIpc) is 2.69. The number of aliphatic carboxylic acids is 1. The van der Waals surface area contributed by atoms with Gasteiger partial charge in [-0.15, -0.1) is 0 Å². The molecule has 17 heavy (non-hydrogen) atoms. The number of hydrogen-bond acceptors (Lipinski definition) is 3. The van der Waals surface area contributed by atoms with Crippen LogP contribution in [0.3, 0.4) is 0 Å². The van der Waals surface area contributed by atoms with E-state index in [0.29, 0.717) is 11.8 Å². The molecular weight excluding hydrogens is 220 g/mol. The monoisotopic (exact) mass is 238 g/mol. The smallest absolute Gasteiger partial charge is 0.305 e. The molecule has 0 heterocycles. The van der Waals surface area contributed by atoms with Gasteiger partial charge < -0.3 is 16.2 Å². The van der Waals surface area contributed by atoms with E-state index in [2.05, 4.69) is 5.32 Å². The second kappa shape index (κ2) is 3.70. The lowest BCUT2D eigenvalue weighted by atomic mass is 10.0. The molecule has 3 aliphatic rings. The predicted octanol–water partition coefficient (Wildman–Crippen LogP) is -0.0509. The summed E-state index contributed by atoms with van der Waals surface area (Å²) in [6.07, 6.45) is 3.66. The molecule has 5 unspecified atom stereocenters. The Morgan fingerprint density at radius 1 is 1.29 bits per heavy atom. The van der Waals surface area contributed by atoms with Crippen LogP contribution in [0.5, 0.6) is 0 Å². The quantitative estimate of drug-likeness (QED) is 0.640. The highest BCUT2D eigenvalue weighted by atomic mass is 16.4. The molecule has 3 saturated carbocycles. The highest BCUT2D eigenvalue weighted by molar-refractivity contribution is 5.86. The van der Waals surface area contributed by atoms with E-state index in [1.165, 1.54) is 19.3 Å². The van der Waals surface area contributed by atoms with Crippen LogP contribution in [0, 0.1) is 23.7 Å². The molecule has 0 aliphatic heterocycles. The molecule has 5 atom stereocenters. The minimum absolute atomic E-state index is 0.286. The molecule has 4 N–H and O–H groups in total. The van der Waals surface area contributed by atoms with Crippen LogP contribution < -0.4 is 11.1 Å². The number of carboxylic acid groups (broad SMARTS) is 1. The maximum Gasteiger partial charge on any atom is 0.305 e. The summed E-state index contributed by atoms with van der Waals surface area (Å²) < 4.78 is 0. The number of rotatable bonds is 4. The first-order valence-corrected chi connectivity index (χ1v) is 6.35. The fourth-order valence-electron chi connectivity index (χ4n) is 4.07. The molecule has 0 saturated heterocycles. The molecule has 3 aliphatic carbocycles. The molecule has 1 amide bonds. The molecule has 94 valence electrons. The Morgan fingerprint density at radius 3 is 2.41 bits per heavy atom.